The molecule has 0 aliphatic heterocycles. The van der Waals surface area contributed by atoms with E-state index in [1.807, 2.05) is 18.5 Å². The Hall–Kier alpha value is -0.800. The molecule has 0 spiro atoms. The van der Waals surface area contributed by atoms with Crippen LogP contribution in [0, 0.1) is 13.8 Å². The van der Waals surface area contributed by atoms with Crippen LogP contribution < -0.4 is 5.73 Å². The minimum absolute atomic E-state index is 0.520. The lowest BCUT2D eigenvalue weighted by Gasteiger charge is -2.02. The van der Waals surface area contributed by atoms with Gasteiger partial charge in [0.05, 0.1) is 12.2 Å². The molecule has 0 unspecified atom stereocenters. The van der Waals surface area contributed by atoms with Gasteiger partial charge in [-0.3, -0.25) is 4.68 Å². The normalized spacial score (nSPS) is 10.5. The zero-order chi connectivity index (χ0) is 10.0. The largest absolute Gasteiger partial charge is 0.326 e. The van der Waals surface area contributed by atoms with E-state index in [1.165, 1.54) is 0 Å². The summed E-state index contributed by atoms with van der Waals surface area (Å²) in [6.45, 7) is 8.63. The molecule has 1 aromatic rings. The van der Waals surface area contributed by atoms with Gasteiger partial charge in [0.1, 0.15) is 0 Å². The summed E-state index contributed by atoms with van der Waals surface area (Å²) in [6.07, 6.45) is 0. The third kappa shape index (κ3) is 2.11. The minimum atomic E-state index is 0.520. The van der Waals surface area contributed by atoms with Crippen LogP contribution in [0.15, 0.2) is 11.6 Å². The van der Waals surface area contributed by atoms with Crippen molar-refractivity contribution in [3.63, 3.8) is 0 Å². The number of rotatable bonds is 3. The van der Waals surface area contributed by atoms with Crippen molar-refractivity contribution in [1.82, 2.24) is 9.78 Å². The maximum absolute atomic E-state index is 5.70. The molecule has 72 valence electrons. The highest BCUT2D eigenvalue weighted by Gasteiger charge is 2.09. The lowest BCUT2D eigenvalue weighted by molar-refractivity contribution is 0.665. The second-order valence-electron chi connectivity index (χ2n) is 3.03. The molecule has 4 heteroatoms. The summed E-state index contributed by atoms with van der Waals surface area (Å²) in [6, 6.07) is 0. The Morgan fingerprint density at radius 1 is 1.62 bits per heavy atom. The molecule has 1 heterocycles. The first-order chi connectivity index (χ1) is 6.06. The monoisotopic (exact) mass is 199 g/mol. The summed E-state index contributed by atoms with van der Waals surface area (Å²) < 4.78 is 1.83. The molecule has 2 N–H and O–H groups in total. The van der Waals surface area contributed by atoms with E-state index in [-0.39, 0.29) is 0 Å². The lowest BCUT2D eigenvalue weighted by Crippen LogP contribution is -2.04. The Labute approximate surface area is 83.2 Å². The van der Waals surface area contributed by atoms with Gasteiger partial charge in [-0.1, -0.05) is 18.2 Å². The van der Waals surface area contributed by atoms with Crippen molar-refractivity contribution in [1.29, 1.82) is 0 Å². The van der Waals surface area contributed by atoms with E-state index in [0.29, 0.717) is 18.1 Å². The molecule has 0 saturated heterocycles. The number of allylic oxidation sites excluding steroid dienone is 1. The van der Waals surface area contributed by atoms with E-state index in [1.54, 1.807) is 0 Å². The van der Waals surface area contributed by atoms with Gasteiger partial charge in [0, 0.05) is 22.8 Å². The van der Waals surface area contributed by atoms with Crippen LogP contribution >= 0.6 is 11.6 Å². The zero-order valence-electron chi connectivity index (χ0n) is 7.97. The van der Waals surface area contributed by atoms with Gasteiger partial charge in [0.15, 0.2) is 0 Å². The van der Waals surface area contributed by atoms with E-state index in [4.69, 9.17) is 17.3 Å². The standard InChI is InChI=1S/C9H14ClN3/c1-6(10)5-13-8(3)9(4-11)7(2)12-13/h1,4-5,11H2,2-3H3. The predicted molar refractivity (Wildman–Crippen MR) is 54.6 cm³/mol. The summed E-state index contributed by atoms with van der Waals surface area (Å²) in [7, 11) is 0. The first kappa shape index (κ1) is 10.3. The molecular formula is C9H14ClN3. The van der Waals surface area contributed by atoms with Crippen LogP contribution in [-0.4, -0.2) is 9.78 Å². The van der Waals surface area contributed by atoms with Crippen molar-refractivity contribution < 1.29 is 0 Å². The number of nitrogens with zero attached hydrogens (tertiary/aromatic N) is 2. The quantitative estimate of drug-likeness (QED) is 0.806. The third-order valence-electron chi connectivity index (χ3n) is 2.06. The van der Waals surface area contributed by atoms with E-state index in [0.717, 1.165) is 17.0 Å². The number of aromatic nitrogens is 2. The second-order valence-corrected chi connectivity index (χ2v) is 3.56. The molecule has 0 aliphatic rings. The summed E-state index contributed by atoms with van der Waals surface area (Å²) >= 11 is 5.70. The Morgan fingerprint density at radius 3 is 2.62 bits per heavy atom. The summed E-state index contributed by atoms with van der Waals surface area (Å²) in [4.78, 5) is 0. The Balaban J connectivity index is 3.03. The van der Waals surface area contributed by atoms with Crippen molar-refractivity contribution in [3.05, 3.63) is 28.6 Å². The van der Waals surface area contributed by atoms with E-state index in [9.17, 15) is 0 Å². The fourth-order valence-electron chi connectivity index (χ4n) is 1.35. The van der Waals surface area contributed by atoms with Crippen LogP contribution in [-0.2, 0) is 13.1 Å². The molecule has 0 fully saturated rings. The van der Waals surface area contributed by atoms with E-state index < -0.39 is 0 Å². The summed E-state index contributed by atoms with van der Waals surface area (Å²) in [5, 5.41) is 4.89. The highest BCUT2D eigenvalue weighted by atomic mass is 35.5. The molecule has 0 amide bonds. The Kier molecular flexibility index (Phi) is 3.12. The van der Waals surface area contributed by atoms with Crippen LogP contribution in [0.3, 0.4) is 0 Å². The van der Waals surface area contributed by atoms with Gasteiger partial charge in [0.25, 0.3) is 0 Å². The number of hydrogen-bond acceptors (Lipinski definition) is 2. The van der Waals surface area contributed by atoms with Crippen LogP contribution in [0.2, 0.25) is 0 Å². The topological polar surface area (TPSA) is 43.8 Å². The molecule has 0 aliphatic carbocycles. The SMILES string of the molecule is C=C(Cl)Cn1nc(C)c(CN)c1C. The Bertz CT molecular complexity index is 328. The average Bonchev–Trinajstić information content (AvgIpc) is 2.26. The highest BCUT2D eigenvalue weighted by molar-refractivity contribution is 6.29. The highest BCUT2D eigenvalue weighted by Crippen LogP contribution is 2.13. The molecule has 3 nitrogen and oxygen atoms in total. The van der Waals surface area contributed by atoms with Gasteiger partial charge in [0.2, 0.25) is 0 Å². The minimum Gasteiger partial charge on any atom is -0.326 e. The molecule has 0 bridgehead atoms. The Morgan fingerprint density at radius 2 is 2.23 bits per heavy atom. The fourth-order valence-corrected chi connectivity index (χ4v) is 1.46. The molecular weight excluding hydrogens is 186 g/mol. The van der Waals surface area contributed by atoms with Crippen LogP contribution in [0.1, 0.15) is 17.0 Å². The van der Waals surface area contributed by atoms with Crippen LogP contribution in [0.5, 0.6) is 0 Å². The van der Waals surface area contributed by atoms with Gasteiger partial charge in [-0.05, 0) is 13.8 Å². The van der Waals surface area contributed by atoms with Gasteiger partial charge >= 0.3 is 0 Å². The maximum atomic E-state index is 5.70. The second kappa shape index (κ2) is 3.94. The molecule has 1 aromatic heterocycles. The average molecular weight is 200 g/mol. The predicted octanol–water partition coefficient (Wildman–Crippen LogP) is 1.71. The van der Waals surface area contributed by atoms with Crippen molar-refractivity contribution in [2.75, 3.05) is 0 Å². The molecule has 0 saturated carbocycles. The number of halogens is 1. The van der Waals surface area contributed by atoms with Crippen molar-refractivity contribution in [2.45, 2.75) is 26.9 Å². The van der Waals surface area contributed by atoms with Crippen molar-refractivity contribution >= 4 is 11.6 Å². The lowest BCUT2D eigenvalue weighted by atomic mass is 10.2. The molecule has 0 atom stereocenters. The van der Waals surface area contributed by atoms with Gasteiger partial charge < -0.3 is 5.73 Å². The van der Waals surface area contributed by atoms with Crippen molar-refractivity contribution in [3.8, 4) is 0 Å². The summed E-state index contributed by atoms with van der Waals surface area (Å²) in [5.74, 6) is 0. The van der Waals surface area contributed by atoms with E-state index in [2.05, 4.69) is 11.7 Å². The fraction of sp³-hybridized carbons (Fsp3) is 0.444. The first-order valence-electron chi connectivity index (χ1n) is 4.12. The zero-order valence-corrected chi connectivity index (χ0v) is 8.73. The van der Waals surface area contributed by atoms with E-state index >= 15 is 0 Å². The first-order valence-corrected chi connectivity index (χ1v) is 4.50. The molecule has 0 radical (unpaired) electrons. The van der Waals surface area contributed by atoms with Crippen molar-refractivity contribution in [2.24, 2.45) is 5.73 Å². The van der Waals surface area contributed by atoms with Gasteiger partial charge in [-0.2, -0.15) is 5.10 Å². The number of hydrogen-bond donors (Lipinski definition) is 1. The molecule has 1 rings (SSSR count). The maximum Gasteiger partial charge on any atom is 0.0763 e. The van der Waals surface area contributed by atoms with Gasteiger partial charge in [-0.25, -0.2) is 0 Å². The van der Waals surface area contributed by atoms with Crippen LogP contribution in [0.4, 0.5) is 0 Å². The summed E-state index contributed by atoms with van der Waals surface area (Å²) in [5.41, 5.74) is 8.72. The van der Waals surface area contributed by atoms with Crippen LogP contribution in [0.25, 0.3) is 0 Å². The smallest absolute Gasteiger partial charge is 0.0763 e. The molecule has 0 aromatic carbocycles. The number of aryl methyl sites for hydroxylation is 1. The third-order valence-corrected chi connectivity index (χ3v) is 2.18. The number of nitrogens with two attached hydrogens (primary N) is 1. The molecule has 13 heavy (non-hydrogen) atoms. The van der Waals surface area contributed by atoms with Gasteiger partial charge in [-0.15, -0.1) is 0 Å².